The van der Waals surface area contributed by atoms with E-state index in [2.05, 4.69) is 55.3 Å². The first-order valence-electron chi connectivity index (χ1n) is 8.92. The van der Waals surface area contributed by atoms with Crippen molar-refractivity contribution in [2.45, 2.75) is 64.8 Å². The molecule has 1 rings (SSSR count). The minimum Gasteiger partial charge on any atom is -0.255 e. The van der Waals surface area contributed by atoms with Crippen molar-refractivity contribution in [1.82, 2.24) is 10.4 Å². The Morgan fingerprint density at radius 1 is 0.955 bits per heavy atom. The third-order valence-electron chi connectivity index (χ3n) is 4.05. The number of hydrazine groups is 1. The normalized spacial score (nSPS) is 11.0. The Balaban J connectivity index is 2.01. The lowest BCUT2D eigenvalue weighted by atomic mass is 10.1. The molecule has 0 saturated carbocycles. The number of hydrogen-bond acceptors (Lipinski definition) is 2. The molecule has 124 valence electrons. The molecule has 1 aromatic rings. The predicted octanol–water partition coefficient (Wildman–Crippen LogP) is 5.41. The van der Waals surface area contributed by atoms with Gasteiger partial charge in [-0.1, -0.05) is 88.8 Å². The second kappa shape index (κ2) is 12.4. The van der Waals surface area contributed by atoms with Crippen LogP contribution in [0.1, 0.15) is 69.4 Å². The predicted molar refractivity (Wildman–Crippen MR) is 98.6 cm³/mol. The fourth-order valence-corrected chi connectivity index (χ4v) is 2.62. The quantitative estimate of drug-likeness (QED) is 0.387. The van der Waals surface area contributed by atoms with E-state index in [4.69, 9.17) is 0 Å². The van der Waals surface area contributed by atoms with E-state index in [1.807, 2.05) is 6.08 Å². The summed E-state index contributed by atoms with van der Waals surface area (Å²) in [6, 6.07) is 8.58. The van der Waals surface area contributed by atoms with Crippen LogP contribution in [0.5, 0.6) is 0 Å². The molecule has 0 radical (unpaired) electrons. The second-order valence-corrected chi connectivity index (χ2v) is 6.18. The molecule has 0 fully saturated rings. The lowest BCUT2D eigenvalue weighted by molar-refractivity contribution is 0.224. The van der Waals surface area contributed by atoms with Crippen LogP contribution in [0.15, 0.2) is 30.8 Å². The molecule has 0 unspecified atom stereocenters. The maximum absolute atomic E-state index is 3.78. The fourth-order valence-electron chi connectivity index (χ4n) is 2.62. The summed E-state index contributed by atoms with van der Waals surface area (Å²) in [6.07, 6.45) is 12.9. The van der Waals surface area contributed by atoms with Crippen molar-refractivity contribution in [3.8, 4) is 0 Å². The number of hydrogen-bond donors (Lipinski definition) is 1. The molecule has 2 heteroatoms. The van der Waals surface area contributed by atoms with E-state index < -0.39 is 0 Å². The van der Waals surface area contributed by atoms with Crippen LogP contribution >= 0.6 is 0 Å². The Hall–Kier alpha value is -1.12. The number of unbranched alkanes of at least 4 members (excludes halogenated alkanes) is 7. The van der Waals surface area contributed by atoms with Crippen LogP contribution in [-0.2, 0) is 6.54 Å². The summed E-state index contributed by atoms with van der Waals surface area (Å²) in [5.41, 5.74) is 5.99. The molecular formula is C20H34N2. The maximum atomic E-state index is 3.78. The Morgan fingerprint density at radius 2 is 1.55 bits per heavy atom. The summed E-state index contributed by atoms with van der Waals surface area (Å²) in [7, 11) is 2.12. The topological polar surface area (TPSA) is 15.3 Å². The molecule has 1 aromatic carbocycles. The van der Waals surface area contributed by atoms with E-state index in [0.717, 1.165) is 13.1 Å². The highest BCUT2D eigenvalue weighted by molar-refractivity contribution is 5.47. The first-order valence-corrected chi connectivity index (χ1v) is 8.92. The second-order valence-electron chi connectivity index (χ2n) is 6.18. The molecule has 0 bridgehead atoms. The monoisotopic (exact) mass is 302 g/mol. The molecule has 0 heterocycles. The summed E-state index contributed by atoms with van der Waals surface area (Å²) >= 11 is 0. The molecule has 0 saturated heterocycles. The smallest absolute Gasteiger partial charge is 0.0378 e. The SMILES string of the molecule is C=Cc1ccc(CN(C)NCCCCCCCCCC)cc1. The van der Waals surface area contributed by atoms with E-state index in [1.165, 1.54) is 62.5 Å². The highest BCUT2D eigenvalue weighted by Crippen LogP contribution is 2.09. The van der Waals surface area contributed by atoms with Crippen molar-refractivity contribution in [3.63, 3.8) is 0 Å². The van der Waals surface area contributed by atoms with Crippen molar-refractivity contribution >= 4 is 6.08 Å². The van der Waals surface area contributed by atoms with Crippen molar-refractivity contribution in [2.24, 2.45) is 0 Å². The highest BCUT2D eigenvalue weighted by Gasteiger charge is 1.99. The first-order chi connectivity index (χ1) is 10.8. The molecule has 1 N–H and O–H groups in total. The minimum atomic E-state index is 0.939. The van der Waals surface area contributed by atoms with Gasteiger partial charge in [-0.2, -0.15) is 0 Å². The number of benzene rings is 1. The molecule has 0 amide bonds. The van der Waals surface area contributed by atoms with Crippen molar-refractivity contribution in [3.05, 3.63) is 42.0 Å². The average molecular weight is 303 g/mol. The van der Waals surface area contributed by atoms with Gasteiger partial charge in [0.2, 0.25) is 0 Å². The summed E-state index contributed by atoms with van der Waals surface area (Å²) < 4.78 is 0. The maximum Gasteiger partial charge on any atom is 0.0378 e. The van der Waals surface area contributed by atoms with Crippen LogP contribution in [0.25, 0.3) is 6.08 Å². The number of nitrogens with one attached hydrogen (secondary N) is 1. The van der Waals surface area contributed by atoms with Crippen molar-refractivity contribution in [1.29, 1.82) is 0 Å². The van der Waals surface area contributed by atoms with E-state index in [0.29, 0.717) is 0 Å². The van der Waals surface area contributed by atoms with Crippen LogP contribution in [-0.4, -0.2) is 18.6 Å². The molecule has 0 aliphatic rings. The van der Waals surface area contributed by atoms with Gasteiger partial charge in [-0.05, 0) is 17.5 Å². The largest absolute Gasteiger partial charge is 0.255 e. The third kappa shape index (κ3) is 9.01. The van der Waals surface area contributed by atoms with Gasteiger partial charge in [0.1, 0.15) is 0 Å². The molecule has 0 aliphatic heterocycles. The summed E-state index contributed by atoms with van der Waals surface area (Å²) in [5.74, 6) is 0. The number of nitrogens with zero attached hydrogens (tertiary/aromatic N) is 1. The zero-order valence-corrected chi connectivity index (χ0v) is 14.6. The average Bonchev–Trinajstić information content (AvgIpc) is 2.54. The molecule has 2 nitrogen and oxygen atoms in total. The molecule has 22 heavy (non-hydrogen) atoms. The van der Waals surface area contributed by atoms with Gasteiger partial charge >= 0.3 is 0 Å². The van der Waals surface area contributed by atoms with Gasteiger partial charge in [0.05, 0.1) is 0 Å². The van der Waals surface area contributed by atoms with Gasteiger partial charge in [-0.3, -0.25) is 5.43 Å². The Bertz CT molecular complexity index is 383. The first kappa shape index (κ1) is 18.9. The van der Waals surface area contributed by atoms with Gasteiger partial charge in [0.25, 0.3) is 0 Å². The molecule has 0 aromatic heterocycles. The molecular weight excluding hydrogens is 268 g/mol. The van der Waals surface area contributed by atoms with E-state index in [-0.39, 0.29) is 0 Å². The van der Waals surface area contributed by atoms with Crippen LogP contribution in [0.4, 0.5) is 0 Å². The van der Waals surface area contributed by atoms with Gasteiger partial charge in [0.15, 0.2) is 0 Å². The van der Waals surface area contributed by atoms with Crippen molar-refractivity contribution < 1.29 is 0 Å². The van der Waals surface area contributed by atoms with Gasteiger partial charge < -0.3 is 0 Å². The lowest BCUT2D eigenvalue weighted by Gasteiger charge is -2.18. The lowest BCUT2D eigenvalue weighted by Crippen LogP contribution is -2.34. The number of rotatable bonds is 13. The summed E-state index contributed by atoms with van der Waals surface area (Å²) in [6.45, 7) is 8.08. The Labute approximate surface area is 137 Å². The van der Waals surface area contributed by atoms with Crippen LogP contribution in [0, 0.1) is 0 Å². The van der Waals surface area contributed by atoms with Crippen LogP contribution in [0.3, 0.4) is 0 Å². The molecule has 0 aliphatic carbocycles. The molecule has 0 atom stereocenters. The minimum absolute atomic E-state index is 0.939. The Kier molecular flexibility index (Phi) is 10.7. The van der Waals surface area contributed by atoms with Gasteiger partial charge in [0, 0.05) is 20.1 Å². The molecule has 0 spiro atoms. The van der Waals surface area contributed by atoms with E-state index in [1.54, 1.807) is 0 Å². The van der Waals surface area contributed by atoms with Crippen LogP contribution in [0.2, 0.25) is 0 Å². The van der Waals surface area contributed by atoms with E-state index in [9.17, 15) is 0 Å². The highest BCUT2D eigenvalue weighted by atomic mass is 15.5. The van der Waals surface area contributed by atoms with Crippen molar-refractivity contribution in [2.75, 3.05) is 13.6 Å². The fraction of sp³-hybridized carbons (Fsp3) is 0.600. The van der Waals surface area contributed by atoms with E-state index >= 15 is 0 Å². The van der Waals surface area contributed by atoms with Crippen LogP contribution < -0.4 is 5.43 Å². The third-order valence-corrected chi connectivity index (χ3v) is 4.05. The standard InChI is InChI=1S/C20H34N2/c1-4-6-7-8-9-10-11-12-17-21-22(3)18-20-15-13-19(5-2)14-16-20/h5,13-16,21H,2,4,6-12,17-18H2,1,3H3. The Morgan fingerprint density at radius 3 is 2.14 bits per heavy atom. The zero-order valence-electron chi connectivity index (χ0n) is 14.6. The summed E-state index contributed by atoms with van der Waals surface area (Å²) in [5, 5.41) is 2.18. The zero-order chi connectivity index (χ0) is 16.0. The van der Waals surface area contributed by atoms with Gasteiger partial charge in [-0.25, -0.2) is 5.01 Å². The van der Waals surface area contributed by atoms with Gasteiger partial charge in [-0.15, -0.1) is 0 Å². The summed E-state index contributed by atoms with van der Waals surface area (Å²) in [4.78, 5) is 0.